The molecule has 1 aliphatic heterocycles. The van der Waals surface area contributed by atoms with Crippen molar-refractivity contribution in [2.45, 2.75) is 25.4 Å². The van der Waals surface area contributed by atoms with Crippen LogP contribution in [0.3, 0.4) is 0 Å². The Hall–Kier alpha value is -4.25. The Morgan fingerprint density at radius 1 is 1.17 bits per heavy atom. The van der Waals surface area contributed by atoms with E-state index in [4.69, 9.17) is 5.73 Å². The number of hydrogen-bond donors (Lipinski definition) is 5. The molecule has 2 amide bonds. The van der Waals surface area contributed by atoms with Crippen molar-refractivity contribution >= 4 is 39.4 Å². The molecule has 3 heterocycles. The Balaban J connectivity index is 1.34. The van der Waals surface area contributed by atoms with Gasteiger partial charge in [0.2, 0.25) is 5.91 Å². The van der Waals surface area contributed by atoms with Gasteiger partial charge < -0.3 is 31.0 Å². The standard InChI is InChI=1S/C25H25FN6O4/c26-15-4-3-5-17-20(15)22(27)21(25(36)31-17)23-29-16-7-6-13(10-18(16)30-23)24(35)28-12-14(33)11-19(34)32-8-1-2-9-32/h3-7,10,14,33H,1-2,8-9,11-12H2,(H,28,35)(H,29,30)(H3,27,31,36). The van der Waals surface area contributed by atoms with Crippen LogP contribution >= 0.6 is 0 Å². The van der Waals surface area contributed by atoms with E-state index < -0.39 is 23.4 Å². The smallest absolute Gasteiger partial charge is 0.261 e. The molecule has 1 saturated heterocycles. The second-order valence-electron chi connectivity index (χ2n) is 8.88. The molecule has 6 N–H and O–H groups in total. The van der Waals surface area contributed by atoms with Gasteiger partial charge in [-0.25, -0.2) is 9.37 Å². The summed E-state index contributed by atoms with van der Waals surface area (Å²) in [6.45, 7) is 1.34. The van der Waals surface area contributed by atoms with Crippen LogP contribution in [0.4, 0.5) is 10.1 Å². The van der Waals surface area contributed by atoms with Gasteiger partial charge in [0.1, 0.15) is 17.2 Å². The number of nitrogens with two attached hydrogens (primary N) is 1. The minimum atomic E-state index is -0.993. The second kappa shape index (κ2) is 9.42. The number of aromatic nitrogens is 3. The van der Waals surface area contributed by atoms with Crippen molar-refractivity contribution < 1.29 is 19.1 Å². The number of benzene rings is 2. The summed E-state index contributed by atoms with van der Waals surface area (Å²) >= 11 is 0. The lowest BCUT2D eigenvalue weighted by Crippen LogP contribution is -2.37. The molecule has 0 spiro atoms. The van der Waals surface area contributed by atoms with Gasteiger partial charge in [-0.3, -0.25) is 14.4 Å². The Morgan fingerprint density at radius 2 is 1.94 bits per heavy atom. The molecule has 1 fully saturated rings. The highest BCUT2D eigenvalue weighted by molar-refractivity contribution is 6.00. The maximum Gasteiger partial charge on any atom is 0.261 e. The third-order valence-corrected chi connectivity index (χ3v) is 6.38. The molecule has 36 heavy (non-hydrogen) atoms. The fourth-order valence-corrected chi connectivity index (χ4v) is 4.52. The molecule has 1 aliphatic rings. The quantitative estimate of drug-likeness (QED) is 0.277. The lowest BCUT2D eigenvalue weighted by atomic mass is 10.1. The molecule has 10 nitrogen and oxygen atoms in total. The van der Waals surface area contributed by atoms with Crippen LogP contribution in [0.1, 0.15) is 29.6 Å². The van der Waals surface area contributed by atoms with Crippen molar-refractivity contribution in [2.75, 3.05) is 25.4 Å². The van der Waals surface area contributed by atoms with Crippen molar-refractivity contribution in [3.05, 3.63) is 58.1 Å². The lowest BCUT2D eigenvalue weighted by Gasteiger charge is -2.18. The van der Waals surface area contributed by atoms with Crippen LogP contribution in [0.5, 0.6) is 0 Å². The summed E-state index contributed by atoms with van der Waals surface area (Å²) < 4.78 is 14.4. The third kappa shape index (κ3) is 4.40. The molecule has 2 aromatic carbocycles. The monoisotopic (exact) mass is 492 g/mol. The van der Waals surface area contributed by atoms with Gasteiger partial charge in [0.25, 0.3) is 11.5 Å². The number of H-pyrrole nitrogens is 2. The van der Waals surface area contributed by atoms with Crippen molar-refractivity contribution in [3.8, 4) is 11.4 Å². The summed E-state index contributed by atoms with van der Waals surface area (Å²) in [5.74, 6) is -0.987. The predicted octanol–water partition coefficient (Wildman–Crippen LogP) is 1.90. The first-order valence-corrected chi connectivity index (χ1v) is 11.7. The van der Waals surface area contributed by atoms with Crippen LogP contribution in [0.15, 0.2) is 41.2 Å². The number of aliphatic hydroxyl groups is 1. The molecule has 0 radical (unpaired) electrons. The predicted molar refractivity (Wildman–Crippen MR) is 133 cm³/mol. The number of fused-ring (bicyclic) bond motifs is 2. The van der Waals surface area contributed by atoms with Crippen LogP contribution in [-0.4, -0.2) is 62.5 Å². The Labute approximate surface area is 204 Å². The highest BCUT2D eigenvalue weighted by Gasteiger charge is 2.22. The van der Waals surface area contributed by atoms with Crippen molar-refractivity contribution in [1.29, 1.82) is 0 Å². The van der Waals surface area contributed by atoms with Crippen molar-refractivity contribution in [3.63, 3.8) is 0 Å². The third-order valence-electron chi connectivity index (χ3n) is 6.38. The molecule has 0 aliphatic carbocycles. The van der Waals surface area contributed by atoms with Crippen molar-refractivity contribution in [2.24, 2.45) is 0 Å². The van der Waals surface area contributed by atoms with E-state index >= 15 is 0 Å². The summed E-state index contributed by atoms with van der Waals surface area (Å²) in [5.41, 5.74) is 7.11. The SMILES string of the molecule is Nc1c(-c2nc3ccc(C(=O)NCC(O)CC(=O)N4CCCC4)cc3[nH]2)c(=O)[nH]c2cccc(F)c12. The van der Waals surface area contributed by atoms with Gasteiger partial charge in [-0.2, -0.15) is 0 Å². The van der Waals surface area contributed by atoms with Crippen LogP contribution in [0.25, 0.3) is 33.3 Å². The van der Waals surface area contributed by atoms with E-state index in [0.29, 0.717) is 29.7 Å². The number of amides is 2. The number of imidazole rings is 1. The summed E-state index contributed by atoms with van der Waals surface area (Å²) in [5, 5.41) is 12.9. The van der Waals surface area contributed by atoms with Gasteiger partial charge in [-0.1, -0.05) is 6.07 Å². The molecule has 5 rings (SSSR count). The van der Waals surface area contributed by atoms with E-state index in [1.54, 1.807) is 29.2 Å². The number of nitrogens with zero attached hydrogens (tertiary/aromatic N) is 2. The fraction of sp³-hybridized carbons (Fsp3) is 0.280. The molecule has 11 heteroatoms. The minimum absolute atomic E-state index is 0.000549. The average Bonchev–Trinajstić information content (AvgIpc) is 3.52. The van der Waals surface area contributed by atoms with Crippen LogP contribution in [0, 0.1) is 5.82 Å². The van der Waals surface area contributed by atoms with E-state index in [2.05, 4.69) is 20.3 Å². The lowest BCUT2D eigenvalue weighted by molar-refractivity contribution is -0.132. The largest absolute Gasteiger partial charge is 0.397 e. The summed E-state index contributed by atoms with van der Waals surface area (Å²) in [6.07, 6.45) is 0.892. The first kappa shape index (κ1) is 23.5. The van der Waals surface area contributed by atoms with E-state index in [1.807, 2.05) is 0 Å². The number of aliphatic hydroxyl groups excluding tert-OH is 1. The fourth-order valence-electron chi connectivity index (χ4n) is 4.52. The molecule has 4 aromatic rings. The van der Waals surface area contributed by atoms with Gasteiger partial charge in [0, 0.05) is 25.2 Å². The minimum Gasteiger partial charge on any atom is -0.397 e. The molecular formula is C25H25FN6O4. The highest BCUT2D eigenvalue weighted by atomic mass is 19.1. The summed E-state index contributed by atoms with van der Waals surface area (Å²) in [4.78, 5) is 49.2. The maximum atomic E-state index is 14.4. The van der Waals surface area contributed by atoms with E-state index in [9.17, 15) is 23.9 Å². The first-order valence-electron chi connectivity index (χ1n) is 11.7. The molecule has 0 saturated carbocycles. The topological polar surface area (TPSA) is 157 Å². The van der Waals surface area contributed by atoms with Crippen LogP contribution in [-0.2, 0) is 4.79 Å². The van der Waals surface area contributed by atoms with Crippen molar-refractivity contribution in [1.82, 2.24) is 25.2 Å². The zero-order valence-electron chi connectivity index (χ0n) is 19.3. The zero-order chi connectivity index (χ0) is 25.4. The first-order chi connectivity index (χ1) is 17.3. The Morgan fingerprint density at radius 3 is 2.72 bits per heavy atom. The molecule has 186 valence electrons. The van der Waals surface area contributed by atoms with Gasteiger partial charge in [-0.05, 0) is 43.2 Å². The van der Waals surface area contributed by atoms with E-state index in [1.165, 1.54) is 12.1 Å². The zero-order valence-corrected chi connectivity index (χ0v) is 19.3. The van der Waals surface area contributed by atoms with E-state index in [-0.39, 0.29) is 46.9 Å². The molecule has 1 atom stereocenters. The number of halogens is 1. The van der Waals surface area contributed by atoms with Gasteiger partial charge in [0.05, 0.1) is 40.1 Å². The number of nitrogens with one attached hydrogen (secondary N) is 3. The Kier molecular flexibility index (Phi) is 6.15. The molecular weight excluding hydrogens is 467 g/mol. The van der Waals surface area contributed by atoms with Gasteiger partial charge in [-0.15, -0.1) is 0 Å². The number of carbonyl (C=O) groups excluding carboxylic acids is 2. The Bertz CT molecular complexity index is 1540. The number of pyridine rings is 1. The maximum absolute atomic E-state index is 14.4. The summed E-state index contributed by atoms with van der Waals surface area (Å²) in [6, 6.07) is 8.99. The number of hydrogen-bond acceptors (Lipinski definition) is 6. The van der Waals surface area contributed by atoms with Crippen LogP contribution in [0.2, 0.25) is 0 Å². The van der Waals surface area contributed by atoms with E-state index in [0.717, 1.165) is 12.8 Å². The number of nitrogen functional groups attached to an aromatic ring is 1. The number of likely N-dealkylation sites (tertiary alicyclic amines) is 1. The number of anilines is 1. The number of aromatic amines is 2. The second-order valence-corrected chi connectivity index (χ2v) is 8.88. The molecule has 0 bridgehead atoms. The van der Waals surface area contributed by atoms with Gasteiger partial charge >= 0.3 is 0 Å². The number of carbonyl (C=O) groups is 2. The highest BCUT2D eigenvalue weighted by Crippen LogP contribution is 2.30. The molecule has 2 aromatic heterocycles. The van der Waals surface area contributed by atoms with Gasteiger partial charge in [0.15, 0.2) is 0 Å². The normalized spacial score (nSPS) is 14.4. The van der Waals surface area contributed by atoms with Crippen LogP contribution < -0.4 is 16.6 Å². The summed E-state index contributed by atoms with van der Waals surface area (Å²) in [7, 11) is 0. The average molecular weight is 493 g/mol. The number of rotatable bonds is 6. The molecule has 1 unspecified atom stereocenters.